The summed E-state index contributed by atoms with van der Waals surface area (Å²) in [5.41, 5.74) is 2.95. The summed E-state index contributed by atoms with van der Waals surface area (Å²) in [4.78, 5) is 26.2. The van der Waals surface area contributed by atoms with E-state index in [1.165, 1.54) is 0 Å². The molecular formula is C21H21ClN2O2. The van der Waals surface area contributed by atoms with Crippen molar-refractivity contribution in [3.8, 4) is 0 Å². The molecule has 1 saturated heterocycles. The topological polar surface area (TPSA) is 49.4 Å². The van der Waals surface area contributed by atoms with Crippen LogP contribution >= 0.6 is 11.6 Å². The zero-order chi connectivity index (χ0) is 18.1. The van der Waals surface area contributed by atoms with E-state index in [1.54, 1.807) is 0 Å². The zero-order valence-corrected chi connectivity index (χ0v) is 15.2. The van der Waals surface area contributed by atoms with Crippen molar-refractivity contribution in [3.05, 3.63) is 64.7 Å². The van der Waals surface area contributed by atoms with Crippen LogP contribution in [0.15, 0.2) is 48.5 Å². The van der Waals surface area contributed by atoms with E-state index >= 15 is 0 Å². The summed E-state index contributed by atoms with van der Waals surface area (Å²) in [6.07, 6.45) is 2.43. The molecule has 2 aromatic carbocycles. The van der Waals surface area contributed by atoms with Gasteiger partial charge in [0.1, 0.15) is 0 Å². The van der Waals surface area contributed by atoms with Gasteiger partial charge in [-0.25, -0.2) is 0 Å². The Labute approximate surface area is 158 Å². The van der Waals surface area contributed by atoms with Crippen LogP contribution in [0.4, 0.5) is 5.69 Å². The van der Waals surface area contributed by atoms with Crippen LogP contribution in [0.5, 0.6) is 0 Å². The third-order valence-corrected chi connectivity index (χ3v) is 5.38. The number of halogens is 1. The molecule has 2 aliphatic rings. The molecule has 1 aliphatic heterocycles. The molecule has 5 heteroatoms. The monoisotopic (exact) mass is 368 g/mol. The standard InChI is InChI=1S/C21H21ClN2O2/c22-16-6-2-5-15(11-16)18-12-19(18)21(26)23-17-7-1-4-14(10-17)13-24-9-3-8-20(24)25/h1-2,4-7,10-11,18-19H,3,8-9,12-13H2,(H,23,26)/t18-,19+/m1/s1. The minimum Gasteiger partial charge on any atom is -0.338 e. The minimum absolute atomic E-state index is 0.00252. The molecule has 1 saturated carbocycles. The number of anilines is 1. The van der Waals surface area contributed by atoms with Gasteiger partial charge in [0.15, 0.2) is 0 Å². The van der Waals surface area contributed by atoms with E-state index in [1.807, 2.05) is 53.4 Å². The average Bonchev–Trinajstić information content (AvgIpc) is 3.33. The number of carbonyl (C=O) groups is 2. The fourth-order valence-electron chi connectivity index (χ4n) is 3.66. The van der Waals surface area contributed by atoms with E-state index < -0.39 is 0 Å². The van der Waals surface area contributed by atoms with Crippen molar-refractivity contribution < 1.29 is 9.59 Å². The highest BCUT2D eigenvalue weighted by molar-refractivity contribution is 6.30. The van der Waals surface area contributed by atoms with E-state index in [0.717, 1.165) is 36.2 Å². The van der Waals surface area contributed by atoms with Crippen molar-refractivity contribution in [1.82, 2.24) is 4.90 Å². The number of amides is 2. The van der Waals surface area contributed by atoms with Gasteiger partial charge in [0.2, 0.25) is 11.8 Å². The lowest BCUT2D eigenvalue weighted by molar-refractivity contribution is -0.128. The zero-order valence-electron chi connectivity index (χ0n) is 14.5. The maximum absolute atomic E-state index is 12.5. The lowest BCUT2D eigenvalue weighted by Crippen LogP contribution is -2.23. The van der Waals surface area contributed by atoms with Gasteiger partial charge in [-0.2, -0.15) is 0 Å². The SMILES string of the molecule is O=C(Nc1cccc(CN2CCCC2=O)c1)[C@H]1C[C@@H]1c1cccc(Cl)c1. The summed E-state index contributed by atoms with van der Waals surface area (Å²) < 4.78 is 0. The highest BCUT2D eigenvalue weighted by Gasteiger charge is 2.44. The Hall–Kier alpha value is -2.33. The van der Waals surface area contributed by atoms with Crippen LogP contribution in [0, 0.1) is 5.92 Å². The van der Waals surface area contributed by atoms with Gasteiger partial charge in [-0.05, 0) is 54.2 Å². The summed E-state index contributed by atoms with van der Waals surface area (Å²) in [6, 6.07) is 15.5. The van der Waals surface area contributed by atoms with Gasteiger partial charge in [-0.3, -0.25) is 9.59 Å². The molecule has 4 nitrogen and oxygen atoms in total. The first-order valence-electron chi connectivity index (χ1n) is 9.03. The van der Waals surface area contributed by atoms with Gasteiger partial charge in [0.25, 0.3) is 0 Å². The molecule has 0 bridgehead atoms. The van der Waals surface area contributed by atoms with Crippen molar-refractivity contribution in [2.24, 2.45) is 5.92 Å². The number of nitrogens with zero attached hydrogens (tertiary/aromatic N) is 1. The molecule has 0 unspecified atom stereocenters. The Balaban J connectivity index is 1.38. The molecule has 2 fully saturated rings. The molecule has 2 amide bonds. The third-order valence-electron chi connectivity index (χ3n) is 5.14. The van der Waals surface area contributed by atoms with Gasteiger partial charge in [-0.15, -0.1) is 0 Å². The van der Waals surface area contributed by atoms with Crippen LogP contribution in [0.1, 0.15) is 36.3 Å². The lowest BCUT2D eigenvalue weighted by Gasteiger charge is -2.16. The number of hydrogen-bond acceptors (Lipinski definition) is 2. The molecule has 4 rings (SSSR count). The van der Waals surface area contributed by atoms with Gasteiger partial charge >= 0.3 is 0 Å². The number of rotatable bonds is 5. The summed E-state index contributed by atoms with van der Waals surface area (Å²) in [6.45, 7) is 1.43. The second kappa shape index (κ2) is 7.12. The predicted molar refractivity (Wildman–Crippen MR) is 102 cm³/mol. The highest BCUT2D eigenvalue weighted by atomic mass is 35.5. The first kappa shape index (κ1) is 17.1. The molecular weight excluding hydrogens is 348 g/mol. The summed E-state index contributed by atoms with van der Waals surface area (Å²) in [7, 11) is 0. The molecule has 2 aromatic rings. The Kier molecular flexibility index (Phi) is 4.68. The molecule has 1 N–H and O–H groups in total. The van der Waals surface area contributed by atoms with Crippen molar-refractivity contribution in [2.75, 3.05) is 11.9 Å². The van der Waals surface area contributed by atoms with Gasteiger partial charge in [0.05, 0.1) is 0 Å². The summed E-state index contributed by atoms with van der Waals surface area (Å²) in [5, 5.41) is 3.73. The van der Waals surface area contributed by atoms with Gasteiger partial charge in [-0.1, -0.05) is 35.9 Å². The molecule has 1 aliphatic carbocycles. The smallest absolute Gasteiger partial charge is 0.228 e. The van der Waals surface area contributed by atoms with Crippen LogP contribution in [0.2, 0.25) is 5.02 Å². The van der Waals surface area contributed by atoms with Crippen LogP contribution < -0.4 is 5.32 Å². The normalized spacial score (nSPS) is 21.7. The van der Waals surface area contributed by atoms with Crippen LogP contribution in [0.3, 0.4) is 0 Å². The third kappa shape index (κ3) is 3.75. The Bertz CT molecular complexity index is 851. The van der Waals surface area contributed by atoms with Crippen LogP contribution in [-0.2, 0) is 16.1 Å². The first-order chi connectivity index (χ1) is 12.6. The quantitative estimate of drug-likeness (QED) is 0.859. The van der Waals surface area contributed by atoms with Crippen LogP contribution in [0.25, 0.3) is 0 Å². The second-order valence-corrected chi connectivity index (χ2v) is 7.55. The maximum atomic E-state index is 12.5. The number of carbonyl (C=O) groups excluding carboxylic acids is 2. The minimum atomic E-state index is -0.00252. The van der Waals surface area contributed by atoms with Gasteiger partial charge in [0, 0.05) is 36.1 Å². The predicted octanol–water partition coefficient (Wildman–Crippen LogP) is 4.20. The molecule has 2 atom stereocenters. The maximum Gasteiger partial charge on any atom is 0.228 e. The Morgan fingerprint density at radius 1 is 1.19 bits per heavy atom. The van der Waals surface area contributed by atoms with Crippen molar-refractivity contribution in [1.29, 1.82) is 0 Å². The Morgan fingerprint density at radius 2 is 2.04 bits per heavy atom. The van der Waals surface area contributed by atoms with E-state index in [9.17, 15) is 9.59 Å². The Morgan fingerprint density at radius 3 is 2.81 bits per heavy atom. The van der Waals surface area contributed by atoms with Crippen LogP contribution in [-0.4, -0.2) is 23.3 Å². The molecule has 26 heavy (non-hydrogen) atoms. The highest BCUT2D eigenvalue weighted by Crippen LogP contribution is 2.48. The molecule has 0 radical (unpaired) electrons. The van der Waals surface area contributed by atoms with Crippen molar-refractivity contribution in [2.45, 2.75) is 31.7 Å². The van der Waals surface area contributed by atoms with E-state index in [2.05, 4.69) is 5.32 Å². The molecule has 0 aromatic heterocycles. The first-order valence-corrected chi connectivity index (χ1v) is 9.41. The van der Waals surface area contributed by atoms with E-state index in [-0.39, 0.29) is 23.7 Å². The summed E-state index contributed by atoms with van der Waals surface area (Å²) in [5.74, 6) is 0.502. The van der Waals surface area contributed by atoms with Gasteiger partial charge < -0.3 is 10.2 Å². The lowest BCUT2D eigenvalue weighted by atomic mass is 10.1. The molecule has 134 valence electrons. The molecule has 0 spiro atoms. The second-order valence-electron chi connectivity index (χ2n) is 7.11. The molecule has 1 heterocycles. The number of likely N-dealkylation sites (tertiary alicyclic amines) is 1. The number of hydrogen-bond donors (Lipinski definition) is 1. The average molecular weight is 369 g/mol. The van der Waals surface area contributed by atoms with E-state index in [0.29, 0.717) is 18.0 Å². The van der Waals surface area contributed by atoms with E-state index in [4.69, 9.17) is 11.6 Å². The fraction of sp³-hybridized carbons (Fsp3) is 0.333. The van der Waals surface area contributed by atoms with Crippen molar-refractivity contribution in [3.63, 3.8) is 0 Å². The number of benzene rings is 2. The number of nitrogens with one attached hydrogen (secondary N) is 1. The van der Waals surface area contributed by atoms with Crippen molar-refractivity contribution >= 4 is 29.1 Å². The fourth-order valence-corrected chi connectivity index (χ4v) is 3.86. The largest absolute Gasteiger partial charge is 0.338 e. The summed E-state index contributed by atoms with van der Waals surface area (Å²) >= 11 is 6.04.